The number of nitrogens with one attached hydrogen (secondary N) is 1. The van der Waals surface area contributed by atoms with Gasteiger partial charge < -0.3 is 38.5 Å². The van der Waals surface area contributed by atoms with E-state index in [-0.39, 0.29) is 24.2 Å². The van der Waals surface area contributed by atoms with Crippen molar-refractivity contribution in [3.05, 3.63) is 47.8 Å². The van der Waals surface area contributed by atoms with Crippen LogP contribution in [0.15, 0.2) is 42.1 Å². The van der Waals surface area contributed by atoms with E-state index in [2.05, 4.69) is 21.9 Å². The number of aromatic amines is 1. The van der Waals surface area contributed by atoms with Crippen molar-refractivity contribution in [3.8, 4) is 0 Å². The van der Waals surface area contributed by atoms with E-state index in [0.717, 1.165) is 5.57 Å². The molecule has 1 aromatic rings. The van der Waals surface area contributed by atoms with E-state index in [1.54, 1.807) is 32.2 Å². The van der Waals surface area contributed by atoms with Gasteiger partial charge in [0.05, 0.1) is 18.8 Å². The number of methoxy groups -OCH3 is 2. The quantitative estimate of drug-likeness (QED) is 0.260. The third kappa shape index (κ3) is 6.28. The molecule has 3 aliphatic rings. The fourth-order valence-electron chi connectivity index (χ4n) is 6.47. The van der Waals surface area contributed by atoms with Gasteiger partial charge in [0.25, 0.3) is 0 Å². The Morgan fingerprint density at radius 3 is 2.50 bits per heavy atom. The van der Waals surface area contributed by atoms with E-state index in [9.17, 15) is 19.5 Å². The standard InChI is InChI=1S/C31H43NO10/c1-16-13-17(2)31-15-21(27(42-31)26(18(3)19(4)33)41-28(34)23-9-8-12-32-23)10-11-22(31)14-24(37-6)29(35)40-25(16)20(5)39-30(36)38-7/h8-13,16,18-22,24-27,32-33H,14-15H2,1-7H3/b17-13+/t16-,18-,19+,20-,21-,22?,24+,25+,26-,27-,31+/m1/s1. The molecule has 11 nitrogen and oxygen atoms in total. The number of H-pyrrole nitrogens is 1. The minimum absolute atomic E-state index is 0.115. The van der Waals surface area contributed by atoms with E-state index >= 15 is 0 Å². The van der Waals surface area contributed by atoms with Crippen LogP contribution in [0.2, 0.25) is 0 Å². The lowest BCUT2D eigenvalue weighted by atomic mass is 9.69. The third-order valence-corrected chi connectivity index (χ3v) is 9.04. The molecule has 0 aromatic carbocycles. The third-order valence-electron chi connectivity index (χ3n) is 9.04. The zero-order chi connectivity index (χ0) is 30.8. The van der Waals surface area contributed by atoms with E-state index < -0.39 is 66.2 Å². The molecule has 0 saturated carbocycles. The summed E-state index contributed by atoms with van der Waals surface area (Å²) in [7, 11) is 2.66. The number of rotatable bonds is 8. The van der Waals surface area contributed by atoms with Crippen molar-refractivity contribution < 1.29 is 47.9 Å². The van der Waals surface area contributed by atoms with Gasteiger partial charge >= 0.3 is 18.1 Å². The summed E-state index contributed by atoms with van der Waals surface area (Å²) in [5.41, 5.74) is 0.392. The molecular weight excluding hydrogens is 546 g/mol. The van der Waals surface area contributed by atoms with Gasteiger partial charge in [-0.3, -0.25) is 0 Å². The molecule has 1 aromatic heterocycles. The lowest BCUT2D eigenvalue weighted by molar-refractivity contribution is -0.173. The maximum Gasteiger partial charge on any atom is 0.508 e. The maximum atomic E-state index is 13.3. The lowest BCUT2D eigenvalue weighted by Gasteiger charge is -2.41. The van der Waals surface area contributed by atoms with Crippen molar-refractivity contribution in [1.29, 1.82) is 0 Å². The molecule has 2 bridgehead atoms. The topological polar surface area (TPSA) is 143 Å². The van der Waals surface area contributed by atoms with Crippen molar-refractivity contribution in [2.75, 3.05) is 14.2 Å². The highest BCUT2D eigenvalue weighted by molar-refractivity contribution is 5.87. The largest absolute Gasteiger partial charge is 0.508 e. The predicted molar refractivity (Wildman–Crippen MR) is 150 cm³/mol. The van der Waals surface area contributed by atoms with E-state index in [0.29, 0.717) is 12.1 Å². The first-order chi connectivity index (χ1) is 19.9. The molecule has 0 radical (unpaired) electrons. The second kappa shape index (κ2) is 13.0. The second-order valence-electron chi connectivity index (χ2n) is 11.7. The average Bonchev–Trinajstić information content (AvgIpc) is 3.60. The number of aromatic nitrogens is 1. The van der Waals surface area contributed by atoms with Gasteiger partial charge in [-0.25, -0.2) is 14.4 Å². The van der Waals surface area contributed by atoms with Crippen LogP contribution in [0.25, 0.3) is 0 Å². The molecule has 11 atom stereocenters. The summed E-state index contributed by atoms with van der Waals surface area (Å²) in [5.74, 6) is -2.26. The number of ether oxygens (including phenoxy) is 6. The number of hydrogen-bond acceptors (Lipinski definition) is 10. The molecule has 1 unspecified atom stereocenters. The molecule has 1 spiro atoms. The number of aliphatic hydroxyl groups excluding tert-OH is 1. The monoisotopic (exact) mass is 589 g/mol. The number of hydrogen-bond donors (Lipinski definition) is 2. The van der Waals surface area contributed by atoms with Crippen LogP contribution in [0.5, 0.6) is 0 Å². The Labute approximate surface area is 246 Å². The molecule has 42 heavy (non-hydrogen) atoms. The summed E-state index contributed by atoms with van der Waals surface area (Å²) < 4.78 is 34.5. The number of carbonyl (C=O) groups excluding carboxylic acids is 3. The summed E-state index contributed by atoms with van der Waals surface area (Å²) in [4.78, 5) is 41.1. The van der Waals surface area contributed by atoms with Crippen LogP contribution in [0, 0.1) is 23.7 Å². The normalized spacial score (nSPS) is 35.0. The molecule has 4 rings (SSSR count). The highest BCUT2D eigenvalue weighted by Gasteiger charge is 2.57. The fourth-order valence-corrected chi connectivity index (χ4v) is 6.47. The molecule has 2 aliphatic heterocycles. The second-order valence-corrected chi connectivity index (χ2v) is 11.7. The van der Waals surface area contributed by atoms with Crippen molar-refractivity contribution >= 4 is 18.1 Å². The van der Waals surface area contributed by atoms with Crippen LogP contribution < -0.4 is 0 Å². The van der Waals surface area contributed by atoms with Crippen LogP contribution in [-0.4, -0.2) is 84.6 Å². The van der Waals surface area contributed by atoms with Gasteiger partial charge in [-0.1, -0.05) is 32.1 Å². The molecule has 11 heteroatoms. The SMILES string of the molecule is COC(=O)O[C@H](C)[C@H]1OC(=O)[C@@H](OC)CC2C=C[C@@H]3C[C@]2(O[C@H]3[C@H](OC(=O)c2ccc[nH]2)[C@H](C)[C@H](C)O)/C(C)=C/[C@H]1C. The molecule has 3 heterocycles. The summed E-state index contributed by atoms with van der Waals surface area (Å²) in [5, 5.41) is 10.6. The van der Waals surface area contributed by atoms with Gasteiger partial charge in [0, 0.05) is 37.0 Å². The van der Waals surface area contributed by atoms with Crippen molar-refractivity contribution in [2.24, 2.45) is 23.7 Å². The summed E-state index contributed by atoms with van der Waals surface area (Å²) in [6.07, 6.45) is 3.15. The van der Waals surface area contributed by atoms with Crippen molar-refractivity contribution in [3.63, 3.8) is 0 Å². The lowest BCUT2D eigenvalue weighted by Crippen LogP contribution is -2.48. The Balaban J connectivity index is 1.72. The molecule has 232 valence electrons. The van der Waals surface area contributed by atoms with Gasteiger partial charge in [0.2, 0.25) is 0 Å². The molecule has 1 fully saturated rings. The van der Waals surface area contributed by atoms with Crippen molar-refractivity contribution in [2.45, 2.75) is 89.7 Å². The van der Waals surface area contributed by atoms with Gasteiger partial charge in [0.1, 0.15) is 30.1 Å². The Morgan fingerprint density at radius 1 is 1.14 bits per heavy atom. The highest BCUT2D eigenvalue weighted by atomic mass is 16.7. The van der Waals surface area contributed by atoms with Crippen LogP contribution in [-0.2, 0) is 33.2 Å². The Kier molecular flexibility index (Phi) is 9.84. The summed E-state index contributed by atoms with van der Waals surface area (Å²) in [6, 6.07) is 3.35. The van der Waals surface area contributed by atoms with E-state index in [1.165, 1.54) is 14.2 Å². The first-order valence-electron chi connectivity index (χ1n) is 14.5. The molecule has 0 amide bonds. The zero-order valence-corrected chi connectivity index (χ0v) is 25.3. The van der Waals surface area contributed by atoms with Crippen LogP contribution in [0.3, 0.4) is 0 Å². The molecule has 1 saturated heterocycles. The van der Waals surface area contributed by atoms with Crippen LogP contribution >= 0.6 is 0 Å². The Hall–Kier alpha value is -3.15. The first-order valence-corrected chi connectivity index (χ1v) is 14.5. The number of cyclic esters (lactones) is 1. The number of esters is 2. The maximum absolute atomic E-state index is 13.3. The summed E-state index contributed by atoms with van der Waals surface area (Å²) >= 11 is 0. The minimum Gasteiger partial charge on any atom is -0.456 e. The van der Waals surface area contributed by atoms with Crippen molar-refractivity contribution in [1.82, 2.24) is 4.98 Å². The van der Waals surface area contributed by atoms with Crippen LogP contribution in [0.4, 0.5) is 4.79 Å². The highest BCUT2D eigenvalue weighted by Crippen LogP contribution is 2.53. The van der Waals surface area contributed by atoms with Gasteiger partial charge in [-0.05, 0) is 51.3 Å². The zero-order valence-electron chi connectivity index (χ0n) is 25.3. The number of carbonyl (C=O) groups is 3. The van der Waals surface area contributed by atoms with Gasteiger partial charge in [0.15, 0.2) is 6.10 Å². The van der Waals surface area contributed by atoms with Gasteiger partial charge in [-0.15, -0.1) is 0 Å². The minimum atomic E-state index is -0.903. The fraction of sp³-hybridized carbons (Fsp3) is 0.645. The molecule has 2 N–H and O–H groups in total. The Bertz CT molecular complexity index is 1180. The predicted octanol–water partition coefficient (Wildman–Crippen LogP) is 3.97. The molecular formula is C31H43NO10. The molecule has 1 aliphatic carbocycles. The number of aliphatic hydroxyl groups is 1. The van der Waals surface area contributed by atoms with Crippen LogP contribution in [0.1, 0.15) is 57.9 Å². The summed E-state index contributed by atoms with van der Waals surface area (Å²) in [6.45, 7) is 9.01. The average molecular weight is 590 g/mol. The van der Waals surface area contributed by atoms with Gasteiger partial charge in [-0.2, -0.15) is 0 Å². The smallest absolute Gasteiger partial charge is 0.456 e. The first kappa shape index (κ1) is 31.8. The number of fused-ring (bicyclic) bond motifs is 1. The van der Waals surface area contributed by atoms with E-state index in [1.807, 2.05) is 26.8 Å². The van der Waals surface area contributed by atoms with E-state index in [4.69, 9.17) is 23.7 Å². The Morgan fingerprint density at radius 2 is 1.88 bits per heavy atom.